The van der Waals surface area contributed by atoms with Crippen molar-refractivity contribution < 1.29 is 9.18 Å². The minimum Gasteiger partial charge on any atom is -0.272 e. The molecule has 35 heavy (non-hydrogen) atoms. The fourth-order valence-electron chi connectivity index (χ4n) is 4.12. The number of halogens is 1. The van der Waals surface area contributed by atoms with E-state index in [1.807, 2.05) is 31.2 Å². The number of thioether (sulfide) groups is 1. The molecule has 0 atom stereocenters. The molecule has 2 aromatic heterocycles. The summed E-state index contributed by atoms with van der Waals surface area (Å²) in [6.45, 7) is 1.99. The van der Waals surface area contributed by atoms with Crippen molar-refractivity contribution in [1.82, 2.24) is 15.0 Å². The van der Waals surface area contributed by atoms with Gasteiger partial charge in [-0.25, -0.2) is 14.8 Å². The van der Waals surface area contributed by atoms with Crippen LogP contribution in [-0.4, -0.2) is 27.4 Å². The van der Waals surface area contributed by atoms with Crippen LogP contribution in [0.15, 0.2) is 63.6 Å². The topological polar surface area (TPSA) is 76.3 Å². The highest BCUT2D eigenvalue weighted by Gasteiger charge is 2.23. The molecule has 9 heteroatoms. The lowest BCUT2D eigenvalue weighted by molar-refractivity contribution is -0.118. The van der Waals surface area contributed by atoms with Crippen LogP contribution in [0.1, 0.15) is 34.4 Å². The second-order valence-corrected chi connectivity index (χ2v) is 10.4. The average Bonchev–Trinajstić information content (AvgIpc) is 3.23. The fourth-order valence-corrected chi connectivity index (χ4v) is 6.23. The molecular formula is C26H23FN4O2S2. The molecule has 1 N–H and O–H groups in total. The Bertz CT molecular complexity index is 1490. The second kappa shape index (κ2) is 10.1. The number of carbonyl (C=O) groups excluding carboxylic acids is 1. The SMILES string of the molecule is Cc1ccc(-n2c(SCC(=O)N/N=C\c3ccccc3F)nc3sc4c(c3c2=O)CCCC4)cc1. The Morgan fingerprint density at radius 2 is 1.97 bits per heavy atom. The summed E-state index contributed by atoms with van der Waals surface area (Å²) < 4.78 is 15.3. The van der Waals surface area contributed by atoms with Crippen LogP contribution in [0, 0.1) is 12.7 Å². The molecule has 2 heterocycles. The van der Waals surface area contributed by atoms with Crippen LogP contribution in [0.3, 0.4) is 0 Å². The Hall–Kier alpha value is -3.30. The summed E-state index contributed by atoms with van der Waals surface area (Å²) in [6.07, 6.45) is 5.34. The number of carbonyl (C=O) groups is 1. The van der Waals surface area contributed by atoms with Crippen LogP contribution in [0.25, 0.3) is 15.9 Å². The lowest BCUT2D eigenvalue weighted by atomic mass is 9.97. The maximum atomic E-state index is 13.7. The van der Waals surface area contributed by atoms with Gasteiger partial charge in [0.2, 0.25) is 0 Å². The number of nitrogens with zero attached hydrogens (tertiary/aromatic N) is 3. The standard InChI is InChI=1S/C26H23FN4O2S2/c1-16-10-12-18(13-11-16)31-25(33)23-19-7-3-5-9-21(19)35-24(23)29-26(31)34-15-22(32)30-28-14-17-6-2-4-8-20(17)27/h2,4,6,8,10-14H,3,5,7,9,15H2,1H3,(H,30,32)/b28-14-. The zero-order valence-electron chi connectivity index (χ0n) is 19.1. The van der Waals surface area contributed by atoms with Gasteiger partial charge in [-0.1, -0.05) is 47.7 Å². The number of fused-ring (bicyclic) bond motifs is 3. The number of hydrazone groups is 1. The zero-order chi connectivity index (χ0) is 24.4. The molecule has 0 saturated carbocycles. The first-order valence-corrected chi connectivity index (χ1v) is 13.1. The Kier molecular flexibility index (Phi) is 6.79. The smallest absolute Gasteiger partial charge is 0.267 e. The molecule has 178 valence electrons. The minimum absolute atomic E-state index is 0.00348. The van der Waals surface area contributed by atoms with E-state index in [-0.39, 0.29) is 22.8 Å². The first-order chi connectivity index (χ1) is 17.0. The third-order valence-corrected chi connectivity index (χ3v) is 8.01. The summed E-state index contributed by atoms with van der Waals surface area (Å²) in [6, 6.07) is 13.9. The number of benzene rings is 2. The highest BCUT2D eigenvalue weighted by molar-refractivity contribution is 7.99. The molecule has 0 aliphatic heterocycles. The number of aromatic nitrogens is 2. The van der Waals surface area contributed by atoms with E-state index < -0.39 is 5.82 Å². The number of rotatable bonds is 6. The predicted octanol–water partition coefficient (Wildman–Crippen LogP) is 5.02. The molecular weight excluding hydrogens is 483 g/mol. The molecule has 0 fully saturated rings. The van der Waals surface area contributed by atoms with Crippen molar-refractivity contribution in [3.63, 3.8) is 0 Å². The van der Waals surface area contributed by atoms with Crippen LogP contribution in [-0.2, 0) is 17.6 Å². The van der Waals surface area contributed by atoms with E-state index in [1.54, 1.807) is 34.1 Å². The summed E-state index contributed by atoms with van der Waals surface area (Å²) >= 11 is 2.76. The Morgan fingerprint density at radius 1 is 1.20 bits per heavy atom. The van der Waals surface area contributed by atoms with Gasteiger partial charge < -0.3 is 0 Å². The number of hydrogen-bond acceptors (Lipinski definition) is 6. The van der Waals surface area contributed by atoms with Crippen LogP contribution in [0.2, 0.25) is 0 Å². The molecule has 2 aromatic carbocycles. The molecule has 0 bridgehead atoms. The van der Waals surface area contributed by atoms with Gasteiger partial charge in [-0.15, -0.1) is 11.3 Å². The van der Waals surface area contributed by atoms with Crippen molar-refractivity contribution in [3.05, 3.63) is 86.3 Å². The van der Waals surface area contributed by atoms with Crippen molar-refractivity contribution in [1.29, 1.82) is 0 Å². The van der Waals surface area contributed by atoms with E-state index >= 15 is 0 Å². The first kappa shape index (κ1) is 23.4. The van der Waals surface area contributed by atoms with Crippen LogP contribution in [0.4, 0.5) is 4.39 Å². The maximum Gasteiger partial charge on any atom is 0.267 e. The summed E-state index contributed by atoms with van der Waals surface area (Å²) in [5, 5.41) is 5.01. The molecule has 4 aromatic rings. The summed E-state index contributed by atoms with van der Waals surface area (Å²) in [5.74, 6) is -0.792. The monoisotopic (exact) mass is 506 g/mol. The van der Waals surface area contributed by atoms with Crippen LogP contribution < -0.4 is 11.0 Å². The Labute approximate surface area is 209 Å². The van der Waals surface area contributed by atoms with Crippen LogP contribution in [0.5, 0.6) is 0 Å². The van der Waals surface area contributed by atoms with Gasteiger partial charge in [0.1, 0.15) is 10.6 Å². The van der Waals surface area contributed by atoms with Gasteiger partial charge in [-0.2, -0.15) is 5.10 Å². The first-order valence-electron chi connectivity index (χ1n) is 11.3. The molecule has 0 saturated heterocycles. The molecule has 6 nitrogen and oxygen atoms in total. The van der Waals surface area contributed by atoms with Crippen molar-refractivity contribution >= 4 is 45.4 Å². The summed E-state index contributed by atoms with van der Waals surface area (Å²) in [5.41, 5.74) is 5.53. The predicted molar refractivity (Wildman–Crippen MR) is 139 cm³/mol. The van der Waals surface area contributed by atoms with Gasteiger partial charge >= 0.3 is 0 Å². The van der Waals surface area contributed by atoms with Crippen molar-refractivity contribution in [2.24, 2.45) is 5.10 Å². The van der Waals surface area contributed by atoms with Crippen molar-refractivity contribution in [2.45, 2.75) is 37.8 Å². The van der Waals surface area contributed by atoms with E-state index in [4.69, 9.17) is 4.98 Å². The van der Waals surface area contributed by atoms with E-state index in [9.17, 15) is 14.0 Å². The van der Waals surface area contributed by atoms with Crippen molar-refractivity contribution in [3.8, 4) is 5.69 Å². The molecule has 5 rings (SSSR count). The Balaban J connectivity index is 1.44. The minimum atomic E-state index is -0.418. The number of thiophene rings is 1. The maximum absolute atomic E-state index is 13.7. The quantitative estimate of drug-likeness (QED) is 0.173. The Morgan fingerprint density at radius 3 is 2.77 bits per heavy atom. The normalized spacial score (nSPS) is 13.3. The zero-order valence-corrected chi connectivity index (χ0v) is 20.7. The van der Waals surface area contributed by atoms with Gasteiger partial charge in [0.05, 0.1) is 23.0 Å². The van der Waals surface area contributed by atoms with Gasteiger partial charge in [-0.05, 0) is 56.4 Å². The average molecular weight is 507 g/mol. The molecule has 1 amide bonds. The largest absolute Gasteiger partial charge is 0.272 e. The van der Waals surface area contributed by atoms with E-state index in [1.165, 1.54) is 28.9 Å². The number of hydrogen-bond donors (Lipinski definition) is 1. The third kappa shape index (κ3) is 4.92. The molecule has 0 radical (unpaired) electrons. The van der Waals surface area contributed by atoms with E-state index in [0.29, 0.717) is 16.2 Å². The van der Waals surface area contributed by atoms with Gasteiger partial charge in [-0.3, -0.25) is 14.2 Å². The highest BCUT2D eigenvalue weighted by atomic mass is 32.2. The molecule has 0 spiro atoms. The van der Waals surface area contributed by atoms with Crippen LogP contribution >= 0.6 is 23.1 Å². The lowest BCUT2D eigenvalue weighted by Crippen LogP contribution is -2.24. The number of amides is 1. The lowest BCUT2D eigenvalue weighted by Gasteiger charge is -2.13. The highest BCUT2D eigenvalue weighted by Crippen LogP contribution is 2.35. The summed E-state index contributed by atoms with van der Waals surface area (Å²) in [4.78, 5) is 33.0. The second-order valence-electron chi connectivity index (χ2n) is 8.36. The number of nitrogens with one attached hydrogen (secondary N) is 1. The van der Waals surface area contributed by atoms with E-state index in [0.717, 1.165) is 41.6 Å². The number of aryl methyl sites for hydroxylation is 3. The fraction of sp³-hybridized carbons (Fsp3) is 0.231. The summed E-state index contributed by atoms with van der Waals surface area (Å²) in [7, 11) is 0. The van der Waals surface area contributed by atoms with Crippen molar-refractivity contribution in [2.75, 3.05) is 5.75 Å². The third-order valence-electron chi connectivity index (χ3n) is 5.88. The van der Waals surface area contributed by atoms with Gasteiger partial charge in [0, 0.05) is 10.4 Å². The van der Waals surface area contributed by atoms with E-state index in [2.05, 4.69) is 10.5 Å². The van der Waals surface area contributed by atoms with Gasteiger partial charge in [0.15, 0.2) is 5.16 Å². The van der Waals surface area contributed by atoms with Gasteiger partial charge in [0.25, 0.3) is 11.5 Å². The molecule has 1 aliphatic carbocycles. The molecule has 1 aliphatic rings. The molecule has 0 unspecified atom stereocenters.